The van der Waals surface area contributed by atoms with E-state index in [1.807, 2.05) is 18.2 Å². The van der Waals surface area contributed by atoms with Crippen molar-refractivity contribution in [3.8, 4) is 5.75 Å². The van der Waals surface area contributed by atoms with Gasteiger partial charge in [0, 0.05) is 5.56 Å². The molecule has 1 heterocycles. The van der Waals surface area contributed by atoms with Gasteiger partial charge in [-0.15, -0.1) is 0 Å². The number of para-hydroxylation sites is 1. The molecule has 1 atom stereocenters. The summed E-state index contributed by atoms with van der Waals surface area (Å²) in [5.74, 6) is 0.952. The first-order valence-corrected chi connectivity index (χ1v) is 6.83. The summed E-state index contributed by atoms with van der Waals surface area (Å²) in [6, 6.07) is 23.0. The van der Waals surface area contributed by atoms with E-state index in [4.69, 9.17) is 4.74 Å². The molecule has 20 heavy (non-hydrogen) atoms. The third-order valence-corrected chi connectivity index (χ3v) is 3.73. The first-order valence-electron chi connectivity index (χ1n) is 6.83. The van der Waals surface area contributed by atoms with Gasteiger partial charge in [0.25, 0.3) is 0 Å². The molecule has 0 N–H and O–H groups in total. The molecule has 0 saturated heterocycles. The fraction of sp³-hybridized carbons (Fsp3) is 0.0526. The Labute approximate surface area is 118 Å². The summed E-state index contributed by atoms with van der Waals surface area (Å²) in [5.41, 5.74) is 2.33. The second-order valence-electron chi connectivity index (χ2n) is 5.04. The van der Waals surface area contributed by atoms with E-state index < -0.39 is 0 Å². The van der Waals surface area contributed by atoms with Crippen LogP contribution >= 0.6 is 0 Å². The van der Waals surface area contributed by atoms with E-state index in [1.54, 1.807) is 0 Å². The van der Waals surface area contributed by atoms with Crippen LogP contribution in [0.3, 0.4) is 0 Å². The van der Waals surface area contributed by atoms with Gasteiger partial charge >= 0.3 is 0 Å². The molecule has 0 unspecified atom stereocenters. The highest BCUT2D eigenvalue weighted by Crippen LogP contribution is 2.33. The van der Waals surface area contributed by atoms with Crippen molar-refractivity contribution in [3.05, 3.63) is 83.9 Å². The molecule has 0 bridgehead atoms. The molecule has 0 fully saturated rings. The zero-order valence-electron chi connectivity index (χ0n) is 11.0. The number of hydrogen-bond donors (Lipinski definition) is 0. The van der Waals surface area contributed by atoms with E-state index in [1.165, 1.54) is 16.3 Å². The van der Waals surface area contributed by atoms with E-state index in [0.29, 0.717) is 0 Å². The molecule has 3 aromatic carbocycles. The highest BCUT2D eigenvalue weighted by atomic mass is 16.5. The van der Waals surface area contributed by atoms with Gasteiger partial charge in [0.05, 0.1) is 0 Å². The quantitative estimate of drug-likeness (QED) is 0.597. The van der Waals surface area contributed by atoms with Crippen molar-refractivity contribution < 1.29 is 4.74 Å². The molecule has 3 aromatic rings. The average molecular weight is 258 g/mol. The Morgan fingerprint density at radius 3 is 2.50 bits per heavy atom. The van der Waals surface area contributed by atoms with E-state index in [2.05, 4.69) is 60.7 Å². The molecule has 1 heteroatoms. The normalized spacial score (nSPS) is 16.7. The second-order valence-corrected chi connectivity index (χ2v) is 5.04. The molecule has 0 aromatic heterocycles. The van der Waals surface area contributed by atoms with Crippen molar-refractivity contribution in [2.45, 2.75) is 6.10 Å². The van der Waals surface area contributed by atoms with Gasteiger partial charge in [-0.3, -0.25) is 0 Å². The van der Waals surface area contributed by atoms with Crippen molar-refractivity contribution in [1.82, 2.24) is 0 Å². The molecular weight excluding hydrogens is 244 g/mol. The van der Waals surface area contributed by atoms with Gasteiger partial charge in [0.1, 0.15) is 11.9 Å². The topological polar surface area (TPSA) is 9.23 Å². The molecule has 1 nitrogen and oxygen atoms in total. The van der Waals surface area contributed by atoms with Crippen LogP contribution in [0, 0.1) is 0 Å². The van der Waals surface area contributed by atoms with Gasteiger partial charge in [-0.05, 0) is 34.5 Å². The van der Waals surface area contributed by atoms with Crippen LogP contribution in [0.15, 0.2) is 72.8 Å². The standard InChI is InChI=1S/C19H14O/c1-2-7-16-13-17(10-9-14(16)5-1)19-12-11-15-6-3-4-8-18(15)20-19/h1-13,19H/t19-/m0/s1. The molecule has 0 saturated carbocycles. The highest BCUT2D eigenvalue weighted by Gasteiger charge is 2.16. The molecule has 1 aliphatic heterocycles. The third kappa shape index (κ3) is 1.88. The van der Waals surface area contributed by atoms with Crippen LogP contribution in [-0.2, 0) is 0 Å². The zero-order valence-corrected chi connectivity index (χ0v) is 11.0. The van der Waals surface area contributed by atoms with Gasteiger partial charge in [-0.25, -0.2) is 0 Å². The van der Waals surface area contributed by atoms with Gasteiger partial charge in [0.2, 0.25) is 0 Å². The minimum atomic E-state index is -0.00509. The van der Waals surface area contributed by atoms with Crippen molar-refractivity contribution in [2.24, 2.45) is 0 Å². The summed E-state index contributed by atoms with van der Waals surface area (Å²) in [6.07, 6.45) is 4.25. The van der Waals surface area contributed by atoms with E-state index in [0.717, 1.165) is 11.3 Å². The Morgan fingerprint density at radius 1 is 0.750 bits per heavy atom. The average Bonchev–Trinajstić information content (AvgIpc) is 2.54. The molecule has 0 radical (unpaired) electrons. The van der Waals surface area contributed by atoms with Crippen LogP contribution in [0.2, 0.25) is 0 Å². The van der Waals surface area contributed by atoms with Crippen molar-refractivity contribution in [3.63, 3.8) is 0 Å². The fourth-order valence-corrected chi connectivity index (χ4v) is 2.66. The molecule has 96 valence electrons. The van der Waals surface area contributed by atoms with Crippen LogP contribution in [0.5, 0.6) is 5.75 Å². The second kappa shape index (κ2) is 4.53. The van der Waals surface area contributed by atoms with Crippen molar-refractivity contribution >= 4 is 16.8 Å². The Morgan fingerprint density at radius 2 is 1.55 bits per heavy atom. The lowest BCUT2D eigenvalue weighted by atomic mass is 10.0. The van der Waals surface area contributed by atoms with E-state index >= 15 is 0 Å². The molecular formula is C19H14O. The summed E-state index contributed by atoms with van der Waals surface area (Å²) in [7, 11) is 0. The Bertz CT molecular complexity index is 801. The van der Waals surface area contributed by atoms with Crippen molar-refractivity contribution in [1.29, 1.82) is 0 Å². The fourth-order valence-electron chi connectivity index (χ4n) is 2.66. The lowest BCUT2D eigenvalue weighted by Crippen LogP contribution is -2.08. The third-order valence-electron chi connectivity index (χ3n) is 3.73. The minimum absolute atomic E-state index is 0.00509. The number of hydrogen-bond acceptors (Lipinski definition) is 1. The van der Waals surface area contributed by atoms with E-state index in [-0.39, 0.29) is 6.10 Å². The van der Waals surface area contributed by atoms with Crippen LogP contribution < -0.4 is 4.74 Å². The number of rotatable bonds is 1. The SMILES string of the molecule is C1=C[C@@H](c2ccc3ccccc3c2)Oc2ccccc21. The number of benzene rings is 3. The highest BCUT2D eigenvalue weighted by molar-refractivity contribution is 5.83. The first-order chi connectivity index (χ1) is 9.90. The monoisotopic (exact) mass is 258 g/mol. The van der Waals surface area contributed by atoms with E-state index in [9.17, 15) is 0 Å². The summed E-state index contributed by atoms with van der Waals surface area (Å²) in [6.45, 7) is 0. The molecule has 4 rings (SSSR count). The first kappa shape index (κ1) is 11.3. The van der Waals surface area contributed by atoms with Crippen molar-refractivity contribution in [2.75, 3.05) is 0 Å². The molecule has 1 aliphatic rings. The van der Waals surface area contributed by atoms with Crippen LogP contribution in [0.1, 0.15) is 17.2 Å². The number of ether oxygens (including phenoxy) is 1. The van der Waals surface area contributed by atoms with Gasteiger partial charge < -0.3 is 4.74 Å². The van der Waals surface area contributed by atoms with Gasteiger partial charge in [-0.2, -0.15) is 0 Å². The smallest absolute Gasteiger partial charge is 0.142 e. The maximum absolute atomic E-state index is 6.08. The largest absolute Gasteiger partial charge is 0.481 e. The van der Waals surface area contributed by atoms with Gasteiger partial charge in [0.15, 0.2) is 0 Å². The maximum atomic E-state index is 6.08. The lowest BCUT2D eigenvalue weighted by molar-refractivity contribution is 0.252. The summed E-state index contributed by atoms with van der Waals surface area (Å²) in [5, 5.41) is 2.51. The molecule has 0 amide bonds. The van der Waals surface area contributed by atoms with Crippen LogP contribution in [-0.4, -0.2) is 0 Å². The molecule has 0 aliphatic carbocycles. The maximum Gasteiger partial charge on any atom is 0.142 e. The number of fused-ring (bicyclic) bond motifs is 2. The Balaban J connectivity index is 1.74. The zero-order chi connectivity index (χ0) is 13.4. The predicted molar refractivity (Wildman–Crippen MR) is 82.8 cm³/mol. The minimum Gasteiger partial charge on any atom is -0.481 e. The predicted octanol–water partition coefficient (Wildman–Crippen LogP) is 4.99. The van der Waals surface area contributed by atoms with Crippen LogP contribution in [0.25, 0.3) is 16.8 Å². The summed E-state index contributed by atoms with van der Waals surface area (Å²) < 4.78 is 6.08. The Kier molecular flexibility index (Phi) is 2.56. The van der Waals surface area contributed by atoms with Crippen LogP contribution in [0.4, 0.5) is 0 Å². The lowest BCUT2D eigenvalue weighted by Gasteiger charge is -2.22. The van der Waals surface area contributed by atoms with Gasteiger partial charge in [-0.1, -0.05) is 60.7 Å². The molecule has 0 spiro atoms. The summed E-state index contributed by atoms with van der Waals surface area (Å²) >= 11 is 0. The Hall–Kier alpha value is -2.54. The summed E-state index contributed by atoms with van der Waals surface area (Å²) in [4.78, 5) is 0.